The van der Waals surface area contributed by atoms with Crippen molar-refractivity contribution in [2.24, 2.45) is 0 Å². The molecule has 0 aromatic heterocycles. The van der Waals surface area contributed by atoms with E-state index in [4.69, 9.17) is 11.6 Å². The lowest BCUT2D eigenvalue weighted by molar-refractivity contribution is -0.121. The summed E-state index contributed by atoms with van der Waals surface area (Å²) in [5, 5.41) is 3.01. The Labute approximate surface area is 129 Å². The lowest BCUT2D eigenvalue weighted by Gasteiger charge is -2.22. The van der Waals surface area contributed by atoms with Crippen molar-refractivity contribution in [3.05, 3.63) is 29.3 Å². The number of hydrogen-bond acceptors (Lipinski definition) is 3. The maximum Gasteiger partial charge on any atom is 0.245 e. The molecule has 1 aromatic carbocycles. The topological polar surface area (TPSA) is 66.5 Å². The van der Waals surface area contributed by atoms with E-state index in [2.05, 4.69) is 5.32 Å². The molecule has 0 spiro atoms. The van der Waals surface area contributed by atoms with E-state index in [1.807, 2.05) is 0 Å². The van der Waals surface area contributed by atoms with Gasteiger partial charge in [-0.2, -0.15) is 4.31 Å². The Morgan fingerprint density at radius 3 is 2.48 bits per heavy atom. The molecule has 2 aliphatic rings. The van der Waals surface area contributed by atoms with Crippen LogP contribution in [-0.2, 0) is 14.8 Å². The van der Waals surface area contributed by atoms with Crippen LogP contribution in [0.1, 0.15) is 25.7 Å². The molecule has 0 saturated heterocycles. The summed E-state index contributed by atoms with van der Waals surface area (Å²) in [6, 6.07) is 6.48. The van der Waals surface area contributed by atoms with Crippen molar-refractivity contribution in [2.75, 3.05) is 6.54 Å². The summed E-state index contributed by atoms with van der Waals surface area (Å²) in [6.45, 7) is -0.130. The largest absolute Gasteiger partial charge is 0.352 e. The molecule has 5 nitrogen and oxygen atoms in total. The summed E-state index contributed by atoms with van der Waals surface area (Å²) in [4.78, 5) is 12.0. The van der Waals surface area contributed by atoms with E-state index in [0.717, 1.165) is 25.7 Å². The van der Waals surface area contributed by atoms with E-state index < -0.39 is 10.0 Å². The van der Waals surface area contributed by atoms with Crippen LogP contribution >= 0.6 is 11.6 Å². The average Bonchev–Trinajstić information content (AvgIpc) is 3.30. The lowest BCUT2D eigenvalue weighted by Crippen LogP contribution is -2.42. The smallest absolute Gasteiger partial charge is 0.245 e. The van der Waals surface area contributed by atoms with E-state index in [9.17, 15) is 13.2 Å². The molecular formula is C14H17ClN2O3S. The van der Waals surface area contributed by atoms with Crippen molar-refractivity contribution in [3.8, 4) is 0 Å². The van der Waals surface area contributed by atoms with Crippen LogP contribution in [-0.4, -0.2) is 37.3 Å². The van der Waals surface area contributed by atoms with Crippen LogP contribution in [0.4, 0.5) is 0 Å². The van der Waals surface area contributed by atoms with E-state index in [1.54, 1.807) is 18.2 Å². The molecule has 0 aliphatic heterocycles. The number of nitrogens with one attached hydrogen (secondary N) is 1. The molecule has 2 saturated carbocycles. The highest BCUT2D eigenvalue weighted by molar-refractivity contribution is 7.89. The normalized spacial score (nSPS) is 18.8. The predicted molar refractivity (Wildman–Crippen MR) is 79.5 cm³/mol. The molecule has 0 heterocycles. The Hall–Kier alpha value is -1.11. The van der Waals surface area contributed by atoms with Crippen LogP contribution in [0.15, 0.2) is 29.2 Å². The highest BCUT2D eigenvalue weighted by Crippen LogP contribution is 2.34. The first-order valence-electron chi connectivity index (χ1n) is 7.04. The van der Waals surface area contributed by atoms with Gasteiger partial charge < -0.3 is 5.32 Å². The number of carbonyl (C=O) groups is 1. The highest BCUT2D eigenvalue weighted by atomic mass is 35.5. The Morgan fingerprint density at radius 2 is 1.90 bits per heavy atom. The van der Waals surface area contributed by atoms with Crippen LogP contribution < -0.4 is 5.32 Å². The summed E-state index contributed by atoms with van der Waals surface area (Å²) in [5.41, 5.74) is 0. The molecule has 1 N–H and O–H groups in total. The number of sulfonamides is 1. The summed E-state index contributed by atoms with van der Waals surface area (Å²) < 4.78 is 26.7. The maximum atomic E-state index is 12.7. The van der Waals surface area contributed by atoms with Crippen LogP contribution in [0.2, 0.25) is 5.02 Å². The average molecular weight is 329 g/mol. The minimum absolute atomic E-state index is 0.0674. The Morgan fingerprint density at radius 1 is 1.24 bits per heavy atom. The Balaban J connectivity index is 1.82. The van der Waals surface area contributed by atoms with Gasteiger partial charge in [0.05, 0.1) is 11.6 Å². The van der Waals surface area contributed by atoms with Crippen molar-refractivity contribution >= 4 is 27.5 Å². The van der Waals surface area contributed by atoms with Crippen LogP contribution in [0.5, 0.6) is 0 Å². The van der Waals surface area contributed by atoms with Gasteiger partial charge in [-0.3, -0.25) is 4.79 Å². The van der Waals surface area contributed by atoms with Crippen LogP contribution in [0.3, 0.4) is 0 Å². The predicted octanol–water partition coefficient (Wildman–Crippen LogP) is 1.77. The van der Waals surface area contributed by atoms with E-state index >= 15 is 0 Å². The zero-order valence-electron chi connectivity index (χ0n) is 11.5. The SMILES string of the molecule is O=C(CN(C1CC1)S(=O)(=O)c1ccccc1Cl)NC1CC1. The summed E-state index contributed by atoms with van der Waals surface area (Å²) in [7, 11) is -3.74. The fraction of sp³-hybridized carbons (Fsp3) is 0.500. The number of hydrogen-bond donors (Lipinski definition) is 1. The first-order valence-corrected chi connectivity index (χ1v) is 8.86. The van der Waals surface area contributed by atoms with Gasteiger partial charge in [-0.05, 0) is 37.8 Å². The third-order valence-electron chi connectivity index (χ3n) is 3.62. The second-order valence-electron chi connectivity index (χ2n) is 5.55. The lowest BCUT2D eigenvalue weighted by atomic mass is 10.4. The molecule has 2 aliphatic carbocycles. The van der Waals surface area contributed by atoms with E-state index in [0.29, 0.717) is 0 Å². The van der Waals surface area contributed by atoms with E-state index in [-0.39, 0.29) is 34.5 Å². The second kappa shape index (κ2) is 5.59. The molecule has 0 radical (unpaired) electrons. The molecule has 2 fully saturated rings. The first-order chi connectivity index (χ1) is 9.98. The summed E-state index contributed by atoms with van der Waals surface area (Å²) in [5.74, 6) is -0.236. The van der Waals surface area contributed by atoms with Crippen LogP contribution in [0, 0.1) is 0 Å². The molecule has 7 heteroatoms. The van der Waals surface area contributed by atoms with Gasteiger partial charge in [0.15, 0.2) is 0 Å². The molecule has 0 unspecified atom stereocenters. The Bertz CT molecular complexity index is 654. The van der Waals surface area contributed by atoms with Crippen molar-refractivity contribution in [3.63, 3.8) is 0 Å². The minimum Gasteiger partial charge on any atom is -0.352 e. The van der Waals surface area contributed by atoms with Gasteiger partial charge in [-0.25, -0.2) is 8.42 Å². The quantitative estimate of drug-likeness (QED) is 0.865. The van der Waals surface area contributed by atoms with Gasteiger partial charge in [0.1, 0.15) is 4.90 Å². The third-order valence-corrected chi connectivity index (χ3v) is 6.02. The molecule has 0 bridgehead atoms. The van der Waals surface area contributed by atoms with Gasteiger partial charge in [0, 0.05) is 12.1 Å². The monoisotopic (exact) mass is 328 g/mol. The molecule has 1 aromatic rings. The van der Waals surface area contributed by atoms with Gasteiger partial charge in [0.25, 0.3) is 0 Å². The van der Waals surface area contributed by atoms with Crippen LogP contribution in [0.25, 0.3) is 0 Å². The third kappa shape index (κ3) is 3.39. The zero-order chi connectivity index (χ0) is 15.0. The molecule has 3 rings (SSSR count). The standard InChI is InChI=1S/C14H17ClN2O3S/c15-12-3-1-2-4-13(12)21(19,20)17(11-7-8-11)9-14(18)16-10-5-6-10/h1-4,10-11H,5-9H2,(H,16,18). The summed E-state index contributed by atoms with van der Waals surface area (Å²) >= 11 is 6.00. The van der Waals surface area contributed by atoms with Crippen molar-refractivity contribution < 1.29 is 13.2 Å². The van der Waals surface area contributed by atoms with Gasteiger partial charge in [-0.15, -0.1) is 0 Å². The fourth-order valence-corrected chi connectivity index (χ4v) is 4.33. The van der Waals surface area contributed by atoms with Crippen molar-refractivity contribution in [2.45, 2.75) is 42.7 Å². The number of amides is 1. The van der Waals surface area contributed by atoms with Crippen molar-refractivity contribution in [1.29, 1.82) is 0 Å². The molecule has 21 heavy (non-hydrogen) atoms. The number of benzene rings is 1. The Kier molecular flexibility index (Phi) is 3.94. The molecule has 1 amide bonds. The maximum absolute atomic E-state index is 12.7. The molecule has 0 atom stereocenters. The van der Waals surface area contributed by atoms with Gasteiger partial charge in [-0.1, -0.05) is 23.7 Å². The number of nitrogens with zero attached hydrogens (tertiary/aromatic N) is 1. The van der Waals surface area contributed by atoms with Crippen molar-refractivity contribution in [1.82, 2.24) is 9.62 Å². The zero-order valence-corrected chi connectivity index (χ0v) is 13.0. The van der Waals surface area contributed by atoms with E-state index in [1.165, 1.54) is 10.4 Å². The first kappa shape index (κ1) is 14.8. The second-order valence-corrected chi connectivity index (χ2v) is 7.82. The van der Waals surface area contributed by atoms with Gasteiger partial charge in [0.2, 0.25) is 15.9 Å². The number of halogens is 1. The molecule has 114 valence electrons. The summed E-state index contributed by atoms with van der Waals surface area (Å²) in [6.07, 6.45) is 3.54. The highest BCUT2D eigenvalue weighted by Gasteiger charge is 2.40. The number of carbonyl (C=O) groups excluding carboxylic acids is 1. The van der Waals surface area contributed by atoms with Gasteiger partial charge >= 0.3 is 0 Å². The number of rotatable bonds is 6. The minimum atomic E-state index is -3.74. The molecular weight excluding hydrogens is 312 g/mol. The fourth-order valence-electron chi connectivity index (χ4n) is 2.20.